The minimum Gasteiger partial charge on any atom is -0.321 e. The smallest absolute Gasteiger partial charge is 0.256 e. The number of allylic oxidation sites excluding steroid dienone is 1. The minimum atomic E-state index is -0.0525. The van der Waals surface area contributed by atoms with Crippen LogP contribution in [0.1, 0.15) is 43.7 Å². The Kier molecular flexibility index (Phi) is 4.61. The molecule has 0 aliphatic carbocycles. The topological polar surface area (TPSA) is 46.2 Å². The Balaban J connectivity index is 1.95. The van der Waals surface area contributed by atoms with Crippen molar-refractivity contribution in [3.63, 3.8) is 0 Å². The van der Waals surface area contributed by atoms with Gasteiger partial charge in [0.15, 0.2) is 0 Å². The van der Waals surface area contributed by atoms with Gasteiger partial charge in [-0.15, -0.1) is 0 Å². The first-order valence-electron chi connectivity index (χ1n) is 8.21. The van der Waals surface area contributed by atoms with E-state index in [1.54, 1.807) is 6.92 Å². The fraction of sp³-hybridized carbons (Fsp3) is 0.238. The molecule has 1 N–H and O–H groups in total. The maximum atomic E-state index is 12.4. The molecule has 1 amide bonds. The van der Waals surface area contributed by atoms with Crippen LogP contribution in [0.2, 0.25) is 0 Å². The van der Waals surface area contributed by atoms with Crippen LogP contribution in [0.5, 0.6) is 0 Å². The third kappa shape index (κ3) is 3.30. The molecule has 3 nitrogen and oxygen atoms in total. The molecule has 122 valence electrons. The van der Waals surface area contributed by atoms with E-state index in [4.69, 9.17) is 0 Å². The number of fused-ring (bicyclic) bond motifs is 1. The molecule has 24 heavy (non-hydrogen) atoms. The summed E-state index contributed by atoms with van der Waals surface area (Å²) in [6, 6.07) is 17.8. The van der Waals surface area contributed by atoms with Crippen LogP contribution in [0.15, 0.2) is 60.2 Å². The second-order valence-corrected chi connectivity index (χ2v) is 6.37. The SMILES string of the molecule is CC(=O)C[C@@H](C/C(C)=C1\C(=O)Nc2ccccc21)c1ccccc1. The van der Waals surface area contributed by atoms with E-state index in [9.17, 15) is 9.59 Å². The maximum Gasteiger partial charge on any atom is 0.256 e. The molecule has 0 fully saturated rings. The average molecular weight is 319 g/mol. The Morgan fingerprint density at radius 3 is 2.33 bits per heavy atom. The molecule has 0 saturated heterocycles. The number of benzene rings is 2. The summed E-state index contributed by atoms with van der Waals surface area (Å²) in [6.45, 7) is 3.61. The molecule has 0 bridgehead atoms. The molecule has 1 heterocycles. The third-order valence-electron chi connectivity index (χ3n) is 4.46. The first-order chi connectivity index (χ1) is 11.6. The Morgan fingerprint density at radius 2 is 1.62 bits per heavy atom. The van der Waals surface area contributed by atoms with Crippen molar-refractivity contribution in [3.05, 3.63) is 71.3 Å². The van der Waals surface area contributed by atoms with Crippen molar-refractivity contribution in [2.45, 2.75) is 32.6 Å². The van der Waals surface area contributed by atoms with Gasteiger partial charge in [0.25, 0.3) is 5.91 Å². The number of ketones is 1. The Hall–Kier alpha value is -2.68. The molecule has 2 aromatic rings. The Labute approximate surface area is 142 Å². The Bertz CT molecular complexity index is 806. The fourth-order valence-electron chi connectivity index (χ4n) is 3.39. The number of nitrogens with one attached hydrogen (secondary N) is 1. The summed E-state index contributed by atoms with van der Waals surface area (Å²) < 4.78 is 0. The van der Waals surface area contributed by atoms with Crippen molar-refractivity contribution in [1.82, 2.24) is 0 Å². The van der Waals surface area contributed by atoms with Crippen LogP contribution in [-0.4, -0.2) is 11.7 Å². The van der Waals surface area contributed by atoms with Crippen LogP contribution in [0, 0.1) is 0 Å². The van der Waals surface area contributed by atoms with E-state index in [2.05, 4.69) is 5.32 Å². The van der Waals surface area contributed by atoms with Gasteiger partial charge in [-0.1, -0.05) is 54.1 Å². The van der Waals surface area contributed by atoms with E-state index in [1.807, 2.05) is 61.5 Å². The van der Waals surface area contributed by atoms with E-state index in [0.29, 0.717) is 12.8 Å². The van der Waals surface area contributed by atoms with E-state index in [0.717, 1.165) is 28.0 Å². The monoisotopic (exact) mass is 319 g/mol. The van der Waals surface area contributed by atoms with Crippen molar-refractivity contribution >= 4 is 23.0 Å². The molecule has 1 atom stereocenters. The van der Waals surface area contributed by atoms with E-state index < -0.39 is 0 Å². The van der Waals surface area contributed by atoms with Crippen LogP contribution in [0.3, 0.4) is 0 Å². The fourth-order valence-corrected chi connectivity index (χ4v) is 3.39. The average Bonchev–Trinajstić information content (AvgIpc) is 2.90. The molecule has 0 unspecified atom stereocenters. The number of carbonyl (C=O) groups is 2. The summed E-state index contributed by atoms with van der Waals surface area (Å²) in [5.74, 6) is 0.207. The van der Waals surface area contributed by atoms with Crippen molar-refractivity contribution < 1.29 is 9.59 Å². The lowest BCUT2D eigenvalue weighted by atomic mass is 9.86. The zero-order valence-electron chi connectivity index (χ0n) is 14.0. The third-order valence-corrected chi connectivity index (χ3v) is 4.46. The number of anilines is 1. The number of hydrogen-bond donors (Lipinski definition) is 1. The van der Waals surface area contributed by atoms with Crippen LogP contribution in [0.25, 0.3) is 5.57 Å². The molecule has 1 aliphatic heterocycles. The first-order valence-corrected chi connectivity index (χ1v) is 8.21. The quantitative estimate of drug-likeness (QED) is 0.821. The second-order valence-electron chi connectivity index (χ2n) is 6.37. The minimum absolute atomic E-state index is 0.0525. The number of rotatable bonds is 5. The van der Waals surface area contributed by atoms with Gasteiger partial charge in [-0.2, -0.15) is 0 Å². The summed E-state index contributed by atoms with van der Waals surface area (Å²) in [4.78, 5) is 24.1. The molecule has 0 spiro atoms. The van der Waals surface area contributed by atoms with Gasteiger partial charge in [-0.25, -0.2) is 0 Å². The van der Waals surface area contributed by atoms with Gasteiger partial charge in [0.2, 0.25) is 0 Å². The van der Waals surface area contributed by atoms with E-state index in [-0.39, 0.29) is 17.6 Å². The molecule has 3 heteroatoms. The highest BCUT2D eigenvalue weighted by atomic mass is 16.2. The second kappa shape index (κ2) is 6.83. The predicted molar refractivity (Wildman–Crippen MR) is 96.8 cm³/mol. The van der Waals surface area contributed by atoms with Crippen LogP contribution >= 0.6 is 0 Å². The number of hydrogen-bond acceptors (Lipinski definition) is 2. The Morgan fingerprint density at radius 1 is 0.958 bits per heavy atom. The first kappa shape index (κ1) is 16.2. The van der Waals surface area contributed by atoms with Gasteiger partial charge in [0.05, 0.1) is 0 Å². The lowest BCUT2D eigenvalue weighted by Crippen LogP contribution is -2.09. The number of Topliss-reactive ketones (excluding diaryl/α,β-unsaturated/α-hetero) is 1. The van der Waals surface area contributed by atoms with Gasteiger partial charge < -0.3 is 10.1 Å². The normalized spacial score (nSPS) is 16.3. The van der Waals surface area contributed by atoms with Crippen molar-refractivity contribution in [2.75, 3.05) is 5.32 Å². The maximum absolute atomic E-state index is 12.4. The lowest BCUT2D eigenvalue weighted by molar-refractivity contribution is -0.117. The summed E-state index contributed by atoms with van der Waals surface area (Å²) in [5.41, 5.74) is 4.72. The van der Waals surface area contributed by atoms with Crippen molar-refractivity contribution in [2.24, 2.45) is 0 Å². The van der Waals surface area contributed by atoms with Crippen LogP contribution in [-0.2, 0) is 9.59 Å². The predicted octanol–water partition coefficient (Wildman–Crippen LogP) is 4.57. The molecule has 0 aromatic heterocycles. The van der Waals surface area contributed by atoms with Gasteiger partial charge in [0.1, 0.15) is 5.78 Å². The molecule has 0 saturated carbocycles. The van der Waals surface area contributed by atoms with Crippen LogP contribution in [0.4, 0.5) is 5.69 Å². The number of para-hydroxylation sites is 1. The molecule has 3 rings (SSSR count). The lowest BCUT2D eigenvalue weighted by Gasteiger charge is -2.17. The standard InChI is InChI=1S/C21H21NO2/c1-14(20-18-10-6-7-11-19(18)22-21(20)24)12-17(13-15(2)23)16-8-4-3-5-9-16/h3-11,17H,12-13H2,1-2H3,(H,22,24)/b20-14-/t17-/m1/s1. The van der Waals surface area contributed by atoms with Gasteiger partial charge in [-0.05, 0) is 37.8 Å². The van der Waals surface area contributed by atoms with Crippen LogP contribution < -0.4 is 5.32 Å². The molecular formula is C21H21NO2. The summed E-state index contributed by atoms with van der Waals surface area (Å²) in [5, 5.41) is 2.92. The highest BCUT2D eigenvalue weighted by Gasteiger charge is 2.26. The molecule has 1 aliphatic rings. The highest BCUT2D eigenvalue weighted by molar-refractivity contribution is 6.32. The summed E-state index contributed by atoms with van der Waals surface area (Å²) >= 11 is 0. The summed E-state index contributed by atoms with van der Waals surface area (Å²) in [6.07, 6.45) is 1.18. The largest absolute Gasteiger partial charge is 0.321 e. The molecule has 0 radical (unpaired) electrons. The van der Waals surface area contributed by atoms with E-state index >= 15 is 0 Å². The van der Waals surface area contributed by atoms with Gasteiger partial charge >= 0.3 is 0 Å². The van der Waals surface area contributed by atoms with E-state index in [1.165, 1.54) is 0 Å². The van der Waals surface area contributed by atoms with Crippen molar-refractivity contribution in [3.8, 4) is 0 Å². The van der Waals surface area contributed by atoms with Gasteiger partial charge in [-0.3, -0.25) is 4.79 Å². The zero-order chi connectivity index (χ0) is 17.1. The van der Waals surface area contributed by atoms with Gasteiger partial charge in [0, 0.05) is 23.2 Å². The number of carbonyl (C=O) groups excluding carboxylic acids is 2. The number of amides is 1. The zero-order valence-corrected chi connectivity index (χ0v) is 14.0. The van der Waals surface area contributed by atoms with Crippen molar-refractivity contribution in [1.29, 1.82) is 0 Å². The highest BCUT2D eigenvalue weighted by Crippen LogP contribution is 2.37. The molecular weight excluding hydrogens is 298 g/mol. The summed E-state index contributed by atoms with van der Waals surface area (Å²) in [7, 11) is 0. The molecule has 2 aromatic carbocycles.